The molecule has 1 fully saturated rings. The summed E-state index contributed by atoms with van der Waals surface area (Å²) >= 11 is 0. The zero-order chi connectivity index (χ0) is 15.7. The molecule has 1 aromatic rings. The molecule has 7 nitrogen and oxygen atoms in total. The summed E-state index contributed by atoms with van der Waals surface area (Å²) < 4.78 is 7.07. The van der Waals surface area contributed by atoms with Gasteiger partial charge in [0.05, 0.1) is 24.8 Å². The molecule has 1 aliphatic heterocycles. The number of ether oxygens (including phenoxy) is 1. The van der Waals surface area contributed by atoms with Crippen molar-refractivity contribution in [2.24, 2.45) is 7.05 Å². The molecule has 0 radical (unpaired) electrons. The summed E-state index contributed by atoms with van der Waals surface area (Å²) in [6.45, 7) is 6.08. The second-order valence-corrected chi connectivity index (χ2v) is 5.52. The number of aryl methyl sites for hydroxylation is 2. The van der Waals surface area contributed by atoms with Gasteiger partial charge in [0, 0.05) is 24.8 Å². The van der Waals surface area contributed by atoms with Crippen molar-refractivity contribution in [3.05, 3.63) is 17.0 Å². The van der Waals surface area contributed by atoms with Gasteiger partial charge in [-0.3, -0.25) is 9.48 Å². The van der Waals surface area contributed by atoms with Gasteiger partial charge in [-0.1, -0.05) is 0 Å². The van der Waals surface area contributed by atoms with Gasteiger partial charge >= 0.3 is 5.97 Å². The van der Waals surface area contributed by atoms with Crippen LogP contribution in [0.4, 0.5) is 0 Å². The van der Waals surface area contributed by atoms with Crippen molar-refractivity contribution in [1.82, 2.24) is 14.7 Å². The summed E-state index contributed by atoms with van der Waals surface area (Å²) in [4.78, 5) is 25.1. The fraction of sp³-hybridized carbons (Fsp3) is 0.643. The van der Waals surface area contributed by atoms with Crippen molar-refractivity contribution in [3.8, 4) is 0 Å². The maximum Gasteiger partial charge on any atom is 0.334 e. The van der Waals surface area contributed by atoms with Gasteiger partial charge in [0.25, 0.3) is 0 Å². The molecule has 116 valence electrons. The number of carbonyl (C=O) groups excluding carboxylic acids is 1. The number of morpholine rings is 1. The molecule has 2 atom stereocenters. The highest BCUT2D eigenvalue weighted by atomic mass is 16.5. The van der Waals surface area contributed by atoms with Crippen LogP contribution in [0.1, 0.15) is 23.9 Å². The summed E-state index contributed by atoms with van der Waals surface area (Å²) in [5.74, 6) is -1.12. The predicted octanol–water partition coefficient (Wildman–Crippen LogP) is 0.280. The fourth-order valence-electron chi connectivity index (χ4n) is 2.63. The second kappa shape index (κ2) is 5.85. The van der Waals surface area contributed by atoms with Crippen LogP contribution in [-0.4, -0.2) is 57.0 Å². The van der Waals surface area contributed by atoms with Crippen molar-refractivity contribution in [1.29, 1.82) is 0 Å². The normalized spacial score (nSPS) is 22.4. The van der Waals surface area contributed by atoms with Crippen LogP contribution in [0.3, 0.4) is 0 Å². The minimum atomic E-state index is -1.03. The van der Waals surface area contributed by atoms with E-state index in [1.165, 1.54) is 0 Å². The molecule has 1 aliphatic rings. The van der Waals surface area contributed by atoms with Gasteiger partial charge in [0.2, 0.25) is 5.91 Å². The lowest BCUT2D eigenvalue weighted by Crippen LogP contribution is -2.52. The predicted molar refractivity (Wildman–Crippen MR) is 74.9 cm³/mol. The summed E-state index contributed by atoms with van der Waals surface area (Å²) in [5, 5.41) is 13.4. The van der Waals surface area contributed by atoms with Crippen LogP contribution in [0.2, 0.25) is 0 Å². The lowest BCUT2D eigenvalue weighted by atomic mass is 10.1. The Bertz CT molecular complexity index is 567. The average Bonchev–Trinajstić information content (AvgIpc) is 2.64. The Morgan fingerprint density at radius 2 is 2.05 bits per heavy atom. The summed E-state index contributed by atoms with van der Waals surface area (Å²) in [6.07, 6.45) is -0.987. The molecule has 1 saturated heterocycles. The first-order chi connectivity index (χ1) is 9.79. The molecular weight excluding hydrogens is 274 g/mol. The molecule has 0 saturated carbocycles. The molecule has 0 unspecified atom stereocenters. The van der Waals surface area contributed by atoms with E-state index in [1.807, 2.05) is 20.9 Å². The Morgan fingerprint density at radius 1 is 1.38 bits per heavy atom. The molecule has 1 aromatic heterocycles. The van der Waals surface area contributed by atoms with Gasteiger partial charge in [0.15, 0.2) is 6.10 Å². The third-order valence-electron chi connectivity index (χ3n) is 3.88. The van der Waals surface area contributed by atoms with E-state index in [4.69, 9.17) is 9.84 Å². The van der Waals surface area contributed by atoms with Crippen molar-refractivity contribution < 1.29 is 19.4 Å². The Hall–Kier alpha value is -1.89. The lowest BCUT2D eigenvalue weighted by molar-refractivity contribution is -0.166. The van der Waals surface area contributed by atoms with Crippen molar-refractivity contribution in [2.75, 3.05) is 13.1 Å². The molecule has 21 heavy (non-hydrogen) atoms. The number of nitrogens with zero attached hydrogens (tertiary/aromatic N) is 3. The van der Waals surface area contributed by atoms with Crippen molar-refractivity contribution >= 4 is 11.9 Å². The maximum atomic E-state index is 12.4. The molecule has 1 N–H and O–H groups in total. The Morgan fingerprint density at radius 3 is 2.57 bits per heavy atom. The molecule has 0 spiro atoms. The maximum absolute atomic E-state index is 12.4. The highest BCUT2D eigenvalue weighted by Gasteiger charge is 2.32. The first-order valence-electron chi connectivity index (χ1n) is 6.94. The number of carbonyl (C=O) groups is 2. The topological polar surface area (TPSA) is 84.7 Å². The second-order valence-electron chi connectivity index (χ2n) is 5.52. The van der Waals surface area contributed by atoms with Gasteiger partial charge < -0.3 is 14.7 Å². The van der Waals surface area contributed by atoms with Crippen LogP contribution in [0.25, 0.3) is 0 Å². The zero-order valence-corrected chi connectivity index (χ0v) is 12.8. The van der Waals surface area contributed by atoms with Crippen LogP contribution in [0.15, 0.2) is 0 Å². The molecule has 0 aliphatic carbocycles. The molecule has 7 heteroatoms. The number of carboxylic acids is 1. The van der Waals surface area contributed by atoms with E-state index in [2.05, 4.69) is 5.10 Å². The smallest absolute Gasteiger partial charge is 0.334 e. The largest absolute Gasteiger partial charge is 0.479 e. The number of rotatable bonds is 3. The number of aliphatic carboxylic acids is 1. The highest BCUT2D eigenvalue weighted by Crippen LogP contribution is 2.17. The van der Waals surface area contributed by atoms with Gasteiger partial charge in [-0.05, 0) is 20.8 Å². The van der Waals surface area contributed by atoms with E-state index in [9.17, 15) is 9.59 Å². The zero-order valence-electron chi connectivity index (χ0n) is 12.8. The summed E-state index contributed by atoms with van der Waals surface area (Å²) in [5.41, 5.74) is 2.70. The van der Waals surface area contributed by atoms with Crippen molar-refractivity contribution in [2.45, 2.75) is 39.4 Å². The number of carboxylic acid groups (broad SMARTS) is 1. The molecule has 0 aromatic carbocycles. The van der Waals surface area contributed by atoms with Gasteiger partial charge in [0.1, 0.15) is 0 Å². The van der Waals surface area contributed by atoms with Crippen LogP contribution in [0.5, 0.6) is 0 Å². The third kappa shape index (κ3) is 3.24. The Labute approximate surface area is 123 Å². The van der Waals surface area contributed by atoms with E-state index >= 15 is 0 Å². The van der Waals surface area contributed by atoms with Crippen molar-refractivity contribution in [3.63, 3.8) is 0 Å². The minimum absolute atomic E-state index is 0.0874. The highest BCUT2D eigenvalue weighted by molar-refractivity contribution is 5.81. The number of hydrogen-bond acceptors (Lipinski definition) is 4. The van der Waals surface area contributed by atoms with Crippen LogP contribution < -0.4 is 0 Å². The van der Waals surface area contributed by atoms with Gasteiger partial charge in [-0.15, -0.1) is 0 Å². The Balaban J connectivity index is 2.10. The minimum Gasteiger partial charge on any atom is -0.479 e. The average molecular weight is 295 g/mol. The molecular formula is C14H21N3O4. The first kappa shape index (κ1) is 15.5. The number of amides is 1. The van der Waals surface area contributed by atoms with Crippen LogP contribution >= 0.6 is 0 Å². The lowest BCUT2D eigenvalue weighted by Gasteiger charge is -2.35. The molecule has 2 heterocycles. The van der Waals surface area contributed by atoms with E-state index in [0.717, 1.165) is 17.0 Å². The van der Waals surface area contributed by atoms with Crippen LogP contribution in [-0.2, 0) is 27.8 Å². The number of aromatic nitrogens is 2. The molecule has 1 amide bonds. The first-order valence-corrected chi connectivity index (χ1v) is 6.94. The molecule has 2 rings (SSSR count). The summed E-state index contributed by atoms with van der Waals surface area (Å²) in [7, 11) is 1.84. The standard InChI is InChI=1S/C14H21N3O4/c1-8-6-17(7-12(21-8)14(19)20)13(18)5-11-9(2)15-16(4)10(11)3/h8,12H,5-7H2,1-4H3,(H,19,20)/t8-,12-/m1/s1. The monoisotopic (exact) mass is 295 g/mol. The van der Waals surface area contributed by atoms with Gasteiger partial charge in [-0.25, -0.2) is 4.79 Å². The van der Waals surface area contributed by atoms with Crippen LogP contribution in [0, 0.1) is 13.8 Å². The third-order valence-corrected chi connectivity index (χ3v) is 3.88. The van der Waals surface area contributed by atoms with E-state index in [-0.39, 0.29) is 25.0 Å². The fourth-order valence-corrected chi connectivity index (χ4v) is 2.63. The quantitative estimate of drug-likeness (QED) is 0.866. The van der Waals surface area contributed by atoms with Gasteiger partial charge in [-0.2, -0.15) is 5.10 Å². The van der Waals surface area contributed by atoms with E-state index < -0.39 is 12.1 Å². The molecule has 0 bridgehead atoms. The van der Waals surface area contributed by atoms with E-state index in [1.54, 1.807) is 16.5 Å². The SMILES string of the molecule is Cc1nn(C)c(C)c1CC(=O)N1C[C@@H](C)O[C@@H](C(=O)O)C1. The Kier molecular flexibility index (Phi) is 4.32. The van der Waals surface area contributed by atoms with E-state index in [0.29, 0.717) is 6.54 Å². The summed E-state index contributed by atoms with van der Waals surface area (Å²) in [6, 6.07) is 0. The number of hydrogen-bond donors (Lipinski definition) is 1.